The van der Waals surface area contributed by atoms with Gasteiger partial charge in [0.2, 0.25) is 10.0 Å². The summed E-state index contributed by atoms with van der Waals surface area (Å²) in [7, 11) is -3.80. The van der Waals surface area contributed by atoms with Crippen LogP contribution in [-0.4, -0.2) is 56.5 Å². The molecule has 1 aliphatic heterocycles. The average molecular weight is 452 g/mol. The average Bonchev–Trinajstić information content (AvgIpc) is 3.02. The van der Waals surface area contributed by atoms with E-state index in [1.165, 1.54) is 4.31 Å². The summed E-state index contributed by atoms with van der Waals surface area (Å²) in [6.07, 6.45) is 5.88. The number of carbonyl (C=O) groups excluding carboxylic acids is 2. The molecule has 1 heterocycles. The Morgan fingerprint density at radius 2 is 1.77 bits per heavy atom. The number of nitrogens with zero attached hydrogens (tertiary/aromatic N) is 1. The number of hydrogen-bond acceptors (Lipinski definition) is 5. The molecule has 0 radical (unpaired) electrons. The fraction of sp³-hybridized carbons (Fsp3) is 0.636. The number of carbonyl (C=O) groups is 2. The van der Waals surface area contributed by atoms with Crippen LogP contribution in [0, 0.1) is 13.8 Å². The molecule has 9 heteroatoms. The Morgan fingerprint density at radius 3 is 2.48 bits per heavy atom. The van der Waals surface area contributed by atoms with Gasteiger partial charge in [0.15, 0.2) is 0 Å². The lowest BCUT2D eigenvalue weighted by Crippen LogP contribution is -2.53. The summed E-state index contributed by atoms with van der Waals surface area (Å²) in [4.78, 5) is 24.8. The topological polar surface area (TPSA) is 105 Å². The molecule has 2 aliphatic rings. The molecule has 2 N–H and O–H groups in total. The molecule has 2 amide bonds. The van der Waals surface area contributed by atoms with E-state index in [1.807, 2.05) is 13.0 Å². The molecule has 1 atom stereocenters. The third-order valence-electron chi connectivity index (χ3n) is 5.92. The van der Waals surface area contributed by atoms with Gasteiger partial charge in [-0.2, -0.15) is 4.31 Å². The van der Waals surface area contributed by atoms with E-state index < -0.39 is 28.1 Å². The second kappa shape index (κ2) is 10.6. The summed E-state index contributed by atoms with van der Waals surface area (Å²) in [5.74, 6) is -1.44. The van der Waals surface area contributed by atoms with Crippen LogP contribution in [0.15, 0.2) is 23.1 Å². The van der Waals surface area contributed by atoms with Crippen molar-refractivity contribution in [2.75, 3.05) is 19.7 Å². The van der Waals surface area contributed by atoms with Gasteiger partial charge in [-0.1, -0.05) is 37.8 Å². The van der Waals surface area contributed by atoms with Crippen molar-refractivity contribution >= 4 is 21.8 Å². The molecule has 1 aliphatic carbocycles. The van der Waals surface area contributed by atoms with Crippen molar-refractivity contribution in [2.45, 2.75) is 76.0 Å². The van der Waals surface area contributed by atoms with Crippen LogP contribution in [0.4, 0.5) is 0 Å². The number of amides is 2. The van der Waals surface area contributed by atoms with Crippen molar-refractivity contribution in [1.82, 2.24) is 14.9 Å². The first kappa shape index (κ1) is 23.7. The molecule has 172 valence electrons. The predicted octanol–water partition coefficient (Wildman–Crippen LogP) is 2.00. The van der Waals surface area contributed by atoms with Gasteiger partial charge in [-0.3, -0.25) is 9.59 Å². The highest BCUT2D eigenvalue weighted by Crippen LogP contribution is 2.25. The van der Waals surface area contributed by atoms with E-state index in [0.717, 1.165) is 44.1 Å². The Labute approximate surface area is 184 Å². The zero-order valence-electron chi connectivity index (χ0n) is 18.4. The van der Waals surface area contributed by atoms with E-state index >= 15 is 0 Å². The van der Waals surface area contributed by atoms with Crippen LogP contribution in [-0.2, 0) is 24.3 Å². The summed E-state index contributed by atoms with van der Waals surface area (Å²) in [5.41, 5.74) is 1.50. The minimum atomic E-state index is -3.80. The summed E-state index contributed by atoms with van der Waals surface area (Å²) >= 11 is 0. The van der Waals surface area contributed by atoms with Crippen molar-refractivity contribution in [2.24, 2.45) is 0 Å². The highest BCUT2D eigenvalue weighted by Gasteiger charge is 2.35. The number of ether oxygens (including phenoxy) is 1. The smallest absolute Gasteiger partial charge is 0.309 e. The van der Waals surface area contributed by atoms with Crippen molar-refractivity contribution in [3.8, 4) is 0 Å². The molecule has 0 aromatic heterocycles. The molecule has 2 fully saturated rings. The number of benzene rings is 1. The third kappa shape index (κ3) is 6.05. The Balaban J connectivity index is 1.63. The largest absolute Gasteiger partial charge is 0.360 e. The van der Waals surface area contributed by atoms with Gasteiger partial charge in [0.25, 0.3) is 0 Å². The predicted molar refractivity (Wildman–Crippen MR) is 117 cm³/mol. The third-order valence-corrected chi connectivity index (χ3v) is 7.95. The van der Waals surface area contributed by atoms with Crippen LogP contribution < -0.4 is 10.6 Å². The summed E-state index contributed by atoms with van der Waals surface area (Å²) in [6.45, 7) is 4.21. The summed E-state index contributed by atoms with van der Waals surface area (Å²) < 4.78 is 33.5. The normalized spacial score (nSPS) is 21.3. The van der Waals surface area contributed by atoms with E-state index in [-0.39, 0.29) is 17.5 Å². The second-order valence-electron chi connectivity index (χ2n) is 8.44. The van der Waals surface area contributed by atoms with Crippen molar-refractivity contribution < 1.29 is 22.7 Å². The fourth-order valence-electron chi connectivity index (χ4n) is 4.15. The minimum Gasteiger partial charge on any atom is -0.360 e. The van der Waals surface area contributed by atoms with Crippen LogP contribution >= 0.6 is 0 Å². The Bertz CT molecular complexity index is 894. The molecule has 0 bridgehead atoms. The van der Waals surface area contributed by atoms with E-state index in [0.29, 0.717) is 25.1 Å². The van der Waals surface area contributed by atoms with Gasteiger partial charge >= 0.3 is 11.8 Å². The fourth-order valence-corrected chi connectivity index (χ4v) is 6.03. The second-order valence-corrected chi connectivity index (χ2v) is 10.3. The number of sulfonamides is 1. The van der Waals surface area contributed by atoms with Crippen molar-refractivity contribution in [1.29, 1.82) is 0 Å². The van der Waals surface area contributed by atoms with Crippen LogP contribution in [0.5, 0.6) is 0 Å². The van der Waals surface area contributed by atoms with Crippen LogP contribution in [0.3, 0.4) is 0 Å². The van der Waals surface area contributed by atoms with Gasteiger partial charge < -0.3 is 15.4 Å². The monoisotopic (exact) mass is 451 g/mol. The van der Waals surface area contributed by atoms with Gasteiger partial charge in [-0.25, -0.2) is 8.42 Å². The maximum absolute atomic E-state index is 13.3. The SMILES string of the molecule is Cc1ccc(C)c(S(=O)(=O)N2CCCOC2CNC(=O)C(=O)NC2CCCCCC2)c1. The maximum atomic E-state index is 13.3. The molecule has 1 aromatic carbocycles. The minimum absolute atomic E-state index is 0.0212. The summed E-state index contributed by atoms with van der Waals surface area (Å²) in [6, 6.07) is 5.32. The first-order chi connectivity index (χ1) is 14.8. The highest BCUT2D eigenvalue weighted by molar-refractivity contribution is 7.89. The molecule has 31 heavy (non-hydrogen) atoms. The van der Waals surface area contributed by atoms with Crippen LogP contribution in [0.2, 0.25) is 0 Å². The van der Waals surface area contributed by atoms with Crippen molar-refractivity contribution in [3.63, 3.8) is 0 Å². The zero-order valence-corrected chi connectivity index (χ0v) is 19.2. The van der Waals surface area contributed by atoms with Gasteiger partial charge in [-0.15, -0.1) is 0 Å². The van der Waals surface area contributed by atoms with Gasteiger partial charge in [0.05, 0.1) is 18.0 Å². The van der Waals surface area contributed by atoms with E-state index in [9.17, 15) is 18.0 Å². The lowest BCUT2D eigenvalue weighted by molar-refractivity contribution is -0.140. The number of nitrogens with one attached hydrogen (secondary N) is 2. The lowest BCUT2D eigenvalue weighted by Gasteiger charge is -2.35. The van der Waals surface area contributed by atoms with E-state index in [1.54, 1.807) is 19.1 Å². The molecule has 3 rings (SSSR count). The first-order valence-electron chi connectivity index (χ1n) is 11.1. The molecule has 1 saturated heterocycles. The van der Waals surface area contributed by atoms with Crippen molar-refractivity contribution in [3.05, 3.63) is 29.3 Å². The molecule has 1 saturated carbocycles. The quantitative estimate of drug-likeness (QED) is 0.526. The zero-order chi connectivity index (χ0) is 22.4. The first-order valence-corrected chi connectivity index (χ1v) is 12.5. The van der Waals surface area contributed by atoms with Gasteiger partial charge in [0.1, 0.15) is 6.23 Å². The molecule has 8 nitrogen and oxygen atoms in total. The Morgan fingerprint density at radius 1 is 1.06 bits per heavy atom. The van der Waals surface area contributed by atoms with Crippen LogP contribution in [0.25, 0.3) is 0 Å². The Hall–Kier alpha value is -1.97. The molecule has 0 spiro atoms. The number of hydrogen-bond donors (Lipinski definition) is 2. The molecule has 1 unspecified atom stereocenters. The lowest BCUT2D eigenvalue weighted by atomic mass is 10.1. The molecular weight excluding hydrogens is 418 g/mol. The van der Waals surface area contributed by atoms with Gasteiger partial charge in [0, 0.05) is 12.6 Å². The number of aryl methyl sites for hydroxylation is 2. The van der Waals surface area contributed by atoms with Gasteiger partial charge in [-0.05, 0) is 50.3 Å². The standard InChI is InChI=1S/C22H33N3O5S/c1-16-10-11-17(2)19(14-16)31(28,29)25-12-7-13-30-20(25)15-23-21(26)22(27)24-18-8-5-3-4-6-9-18/h10-11,14,18,20H,3-9,12-13,15H2,1-2H3,(H,23,26)(H,24,27). The molecular formula is C22H33N3O5S. The van der Waals surface area contributed by atoms with Crippen LogP contribution in [0.1, 0.15) is 56.1 Å². The van der Waals surface area contributed by atoms with E-state index in [4.69, 9.17) is 4.74 Å². The maximum Gasteiger partial charge on any atom is 0.309 e. The summed E-state index contributed by atoms with van der Waals surface area (Å²) in [5, 5.41) is 5.36. The molecule has 1 aromatic rings. The van der Waals surface area contributed by atoms with E-state index in [2.05, 4.69) is 10.6 Å². The number of rotatable bonds is 5. The highest BCUT2D eigenvalue weighted by atomic mass is 32.2. The Kier molecular flexibility index (Phi) is 8.07.